The number of rotatable bonds is 5. The maximum absolute atomic E-state index is 13.6. The third-order valence-corrected chi connectivity index (χ3v) is 4.23. The van der Waals surface area contributed by atoms with Crippen LogP contribution < -0.4 is 11.1 Å². The molecule has 122 valence electrons. The van der Waals surface area contributed by atoms with Gasteiger partial charge in [-0.25, -0.2) is 9.37 Å². The first-order valence-electron chi connectivity index (χ1n) is 7.31. The van der Waals surface area contributed by atoms with Crippen molar-refractivity contribution in [2.45, 2.75) is 12.8 Å². The molecule has 0 aliphatic carbocycles. The fraction of sp³-hybridized carbons (Fsp3) is 0.188. The predicted molar refractivity (Wildman–Crippen MR) is 93.9 cm³/mol. The van der Waals surface area contributed by atoms with Crippen LogP contribution in [0.25, 0.3) is 10.9 Å². The smallest absolute Gasteiger partial charge is 0.163 e. The van der Waals surface area contributed by atoms with Gasteiger partial charge in [0.1, 0.15) is 23.3 Å². The molecule has 4 N–H and O–H groups in total. The van der Waals surface area contributed by atoms with Crippen LogP contribution in [0.15, 0.2) is 28.7 Å². The van der Waals surface area contributed by atoms with Gasteiger partial charge in [-0.1, -0.05) is 0 Å². The summed E-state index contributed by atoms with van der Waals surface area (Å²) < 4.78 is 14.0. The van der Waals surface area contributed by atoms with Crippen molar-refractivity contribution in [1.82, 2.24) is 15.2 Å². The van der Waals surface area contributed by atoms with Gasteiger partial charge in [-0.3, -0.25) is 5.10 Å². The van der Waals surface area contributed by atoms with E-state index in [1.807, 2.05) is 18.2 Å². The molecule has 0 saturated carbocycles. The van der Waals surface area contributed by atoms with E-state index in [9.17, 15) is 4.39 Å². The molecule has 0 atom stereocenters. The van der Waals surface area contributed by atoms with Gasteiger partial charge in [-0.15, -0.1) is 0 Å². The Bertz CT molecular complexity index is 930. The number of pyridine rings is 1. The molecule has 0 spiro atoms. The average molecular weight is 389 g/mol. The molecule has 2 heterocycles. The van der Waals surface area contributed by atoms with E-state index in [4.69, 9.17) is 11.0 Å². The van der Waals surface area contributed by atoms with Gasteiger partial charge in [-0.05, 0) is 47.0 Å². The minimum absolute atomic E-state index is 0.227. The minimum Gasteiger partial charge on any atom is -0.381 e. The highest BCUT2D eigenvalue weighted by Gasteiger charge is 2.09. The Morgan fingerprint density at radius 2 is 2.21 bits per heavy atom. The van der Waals surface area contributed by atoms with E-state index in [1.165, 1.54) is 6.07 Å². The van der Waals surface area contributed by atoms with E-state index in [2.05, 4.69) is 36.4 Å². The molecular formula is C16H14BrFN6. The van der Waals surface area contributed by atoms with E-state index in [-0.39, 0.29) is 11.6 Å². The summed E-state index contributed by atoms with van der Waals surface area (Å²) in [6.07, 6.45) is 1.42. The van der Waals surface area contributed by atoms with Gasteiger partial charge in [0.15, 0.2) is 5.82 Å². The molecule has 0 radical (unpaired) electrons. The number of aromatic amines is 1. The normalized spacial score (nSPS) is 10.7. The fourth-order valence-corrected chi connectivity index (χ4v) is 2.76. The second kappa shape index (κ2) is 6.84. The van der Waals surface area contributed by atoms with E-state index in [0.717, 1.165) is 17.5 Å². The van der Waals surface area contributed by atoms with Crippen LogP contribution in [0.5, 0.6) is 0 Å². The summed E-state index contributed by atoms with van der Waals surface area (Å²) in [5.74, 6) is 0.562. The van der Waals surface area contributed by atoms with Gasteiger partial charge in [0.05, 0.1) is 15.7 Å². The molecule has 0 bridgehead atoms. The number of nitrogens with one attached hydrogen (secondary N) is 2. The number of nitrogens with zero attached hydrogens (tertiary/aromatic N) is 3. The summed E-state index contributed by atoms with van der Waals surface area (Å²) >= 11 is 3.16. The number of anilines is 2. The van der Waals surface area contributed by atoms with Crippen LogP contribution in [0.1, 0.15) is 17.7 Å². The van der Waals surface area contributed by atoms with Crippen LogP contribution in [0.2, 0.25) is 0 Å². The Labute approximate surface area is 146 Å². The van der Waals surface area contributed by atoms with E-state index < -0.39 is 0 Å². The lowest BCUT2D eigenvalue weighted by molar-refractivity contribution is 0.623. The molecule has 2 aromatic heterocycles. The number of aryl methyl sites for hydroxylation is 1. The number of fused-ring (bicyclic) bond motifs is 1. The fourth-order valence-electron chi connectivity index (χ4n) is 2.40. The van der Waals surface area contributed by atoms with Crippen molar-refractivity contribution < 1.29 is 4.39 Å². The van der Waals surface area contributed by atoms with Crippen LogP contribution in [-0.2, 0) is 6.42 Å². The average Bonchev–Trinajstić information content (AvgIpc) is 2.92. The van der Waals surface area contributed by atoms with Crippen LogP contribution in [0.3, 0.4) is 0 Å². The monoisotopic (exact) mass is 388 g/mol. The largest absolute Gasteiger partial charge is 0.381 e. The molecule has 1 aromatic carbocycles. The number of aromatic nitrogens is 3. The van der Waals surface area contributed by atoms with Crippen molar-refractivity contribution in [3.8, 4) is 6.07 Å². The molecule has 3 rings (SSSR count). The van der Waals surface area contributed by atoms with Gasteiger partial charge in [0.2, 0.25) is 0 Å². The molecule has 6 nitrogen and oxygen atoms in total. The Morgan fingerprint density at radius 1 is 1.38 bits per heavy atom. The Hall–Kier alpha value is -2.66. The number of halogens is 2. The molecule has 0 amide bonds. The number of hydrogen-bond acceptors (Lipinski definition) is 5. The van der Waals surface area contributed by atoms with Crippen LogP contribution >= 0.6 is 15.9 Å². The number of nitrogen functional groups attached to an aromatic ring is 1. The molecule has 0 aliphatic rings. The predicted octanol–water partition coefficient (Wildman–Crippen LogP) is 3.36. The Morgan fingerprint density at radius 3 is 3.00 bits per heavy atom. The zero-order valence-electron chi connectivity index (χ0n) is 12.6. The van der Waals surface area contributed by atoms with Crippen molar-refractivity contribution in [3.63, 3.8) is 0 Å². The van der Waals surface area contributed by atoms with Crippen LogP contribution in [-0.4, -0.2) is 21.7 Å². The van der Waals surface area contributed by atoms with Crippen molar-refractivity contribution >= 4 is 38.5 Å². The van der Waals surface area contributed by atoms with Crippen LogP contribution in [0.4, 0.5) is 16.0 Å². The molecule has 0 saturated heterocycles. The van der Waals surface area contributed by atoms with Gasteiger partial charge < -0.3 is 11.1 Å². The standard InChI is InChI=1S/C16H14BrFN6/c17-11-6-9-3-4-15(22-14(9)7-12(11)18)21-5-1-2-13-10(8-19)16(20)24-23-13/h3-4,6-7H,1-2,5H2,(H,21,22)(H3,20,23,24). The maximum Gasteiger partial charge on any atom is 0.163 e. The van der Waals surface area contributed by atoms with Crippen molar-refractivity contribution in [1.29, 1.82) is 5.26 Å². The number of nitrogens with two attached hydrogens (primary N) is 1. The first kappa shape index (κ1) is 16.2. The van der Waals surface area contributed by atoms with E-state index in [0.29, 0.717) is 34.3 Å². The number of benzene rings is 1. The zero-order chi connectivity index (χ0) is 17.1. The first-order chi connectivity index (χ1) is 11.6. The summed E-state index contributed by atoms with van der Waals surface area (Å²) in [5, 5.41) is 19.7. The SMILES string of the molecule is N#Cc1c(N)n[nH]c1CCCNc1ccc2cc(Br)c(F)cc2n1. The first-order valence-corrected chi connectivity index (χ1v) is 8.10. The Kier molecular flexibility index (Phi) is 4.62. The summed E-state index contributed by atoms with van der Waals surface area (Å²) in [5.41, 5.74) is 7.32. The quantitative estimate of drug-likeness (QED) is 0.581. The summed E-state index contributed by atoms with van der Waals surface area (Å²) in [7, 11) is 0. The highest BCUT2D eigenvalue weighted by atomic mass is 79.9. The molecule has 24 heavy (non-hydrogen) atoms. The minimum atomic E-state index is -0.340. The maximum atomic E-state index is 13.6. The lowest BCUT2D eigenvalue weighted by Crippen LogP contribution is -2.05. The second-order valence-corrected chi connectivity index (χ2v) is 6.11. The number of hydrogen-bond donors (Lipinski definition) is 3. The zero-order valence-corrected chi connectivity index (χ0v) is 14.2. The highest BCUT2D eigenvalue weighted by Crippen LogP contribution is 2.23. The molecule has 8 heteroatoms. The number of H-pyrrole nitrogens is 1. The van der Waals surface area contributed by atoms with Crippen molar-refractivity contribution in [2.24, 2.45) is 0 Å². The molecule has 3 aromatic rings. The third kappa shape index (κ3) is 3.31. The van der Waals surface area contributed by atoms with Crippen molar-refractivity contribution in [2.75, 3.05) is 17.6 Å². The second-order valence-electron chi connectivity index (χ2n) is 5.26. The topological polar surface area (TPSA) is 103 Å². The molecule has 0 aliphatic heterocycles. The van der Waals surface area contributed by atoms with Gasteiger partial charge >= 0.3 is 0 Å². The van der Waals surface area contributed by atoms with E-state index >= 15 is 0 Å². The number of nitriles is 1. The summed E-state index contributed by atoms with van der Waals surface area (Å²) in [6.45, 7) is 0.654. The summed E-state index contributed by atoms with van der Waals surface area (Å²) in [4.78, 5) is 4.40. The Balaban J connectivity index is 1.61. The van der Waals surface area contributed by atoms with Gasteiger partial charge in [0.25, 0.3) is 0 Å². The van der Waals surface area contributed by atoms with Gasteiger partial charge in [-0.2, -0.15) is 10.4 Å². The molecule has 0 fully saturated rings. The highest BCUT2D eigenvalue weighted by molar-refractivity contribution is 9.10. The summed E-state index contributed by atoms with van der Waals surface area (Å²) in [6, 6.07) is 8.88. The van der Waals surface area contributed by atoms with Gasteiger partial charge in [0, 0.05) is 18.0 Å². The van der Waals surface area contributed by atoms with E-state index in [1.54, 1.807) is 6.07 Å². The molecule has 0 unspecified atom stereocenters. The lowest BCUT2D eigenvalue weighted by atomic mass is 10.1. The van der Waals surface area contributed by atoms with Crippen LogP contribution in [0, 0.1) is 17.1 Å². The lowest BCUT2D eigenvalue weighted by Gasteiger charge is -2.07. The van der Waals surface area contributed by atoms with Crippen molar-refractivity contribution in [3.05, 3.63) is 45.8 Å². The molecular weight excluding hydrogens is 375 g/mol. The third-order valence-electron chi connectivity index (χ3n) is 3.62.